The molecular weight excluding hydrogens is 410 g/mol. The average Bonchev–Trinajstić information content (AvgIpc) is 2.74. The monoisotopic (exact) mass is 437 g/mol. The van der Waals surface area contributed by atoms with Gasteiger partial charge in [0.15, 0.2) is 11.5 Å². The first kappa shape index (κ1) is 23.7. The van der Waals surface area contributed by atoms with Crippen molar-refractivity contribution in [1.29, 1.82) is 0 Å². The van der Waals surface area contributed by atoms with Gasteiger partial charge in [0, 0.05) is 0 Å². The molecule has 2 aromatic carbocycles. The van der Waals surface area contributed by atoms with Crippen LogP contribution in [-0.2, 0) is 19.6 Å². The Hall–Kier alpha value is -2.62. The van der Waals surface area contributed by atoms with Gasteiger partial charge in [0.2, 0.25) is 10.0 Å². The Morgan fingerprint density at radius 2 is 1.60 bits per heavy atom. The van der Waals surface area contributed by atoms with Gasteiger partial charge in [0.1, 0.15) is 12.1 Å². The quantitative estimate of drug-likeness (QED) is 0.519. The van der Waals surface area contributed by atoms with Crippen LogP contribution in [0.5, 0.6) is 11.5 Å². The van der Waals surface area contributed by atoms with Crippen molar-refractivity contribution in [3.05, 3.63) is 54.1 Å². The molecule has 0 bridgehead atoms. The summed E-state index contributed by atoms with van der Waals surface area (Å²) in [6.45, 7) is 6.04. The highest BCUT2D eigenvalue weighted by molar-refractivity contribution is 7.89. The lowest BCUT2D eigenvalue weighted by Crippen LogP contribution is -2.45. The summed E-state index contributed by atoms with van der Waals surface area (Å²) in [5.41, 5.74) is 0.274. The number of hydrogen-bond acceptors (Lipinski definition) is 7. The topological polar surface area (TPSA) is 111 Å². The molecule has 164 valence electrons. The number of hydrogen-bond donors (Lipinski definition) is 2. The largest absolute Gasteiger partial charge is 0.490 e. The van der Waals surface area contributed by atoms with Crippen molar-refractivity contribution in [2.75, 3.05) is 19.8 Å². The number of carbonyl (C=O) groups excluding carboxylic acids is 1. The van der Waals surface area contributed by atoms with Gasteiger partial charge in [-0.1, -0.05) is 24.3 Å². The van der Waals surface area contributed by atoms with Crippen LogP contribution >= 0.6 is 0 Å². The van der Waals surface area contributed by atoms with Crippen LogP contribution in [0.2, 0.25) is 0 Å². The minimum absolute atomic E-state index is 0.0303. The van der Waals surface area contributed by atoms with E-state index in [1.165, 1.54) is 18.2 Å². The van der Waals surface area contributed by atoms with Crippen LogP contribution in [-0.4, -0.2) is 45.4 Å². The van der Waals surface area contributed by atoms with Gasteiger partial charge in [0.05, 0.1) is 24.7 Å². The first-order valence-corrected chi connectivity index (χ1v) is 11.1. The van der Waals surface area contributed by atoms with Gasteiger partial charge >= 0.3 is 5.97 Å². The summed E-state index contributed by atoms with van der Waals surface area (Å²) in [6.07, 6.45) is -1.52. The summed E-state index contributed by atoms with van der Waals surface area (Å²) >= 11 is 0. The minimum atomic E-state index is -4.08. The van der Waals surface area contributed by atoms with Crippen LogP contribution in [0.3, 0.4) is 0 Å². The zero-order chi connectivity index (χ0) is 22.1. The first-order chi connectivity index (χ1) is 14.3. The number of benzene rings is 2. The van der Waals surface area contributed by atoms with Crippen LogP contribution < -0.4 is 14.2 Å². The van der Waals surface area contributed by atoms with Crippen LogP contribution in [0.1, 0.15) is 32.4 Å². The van der Waals surface area contributed by atoms with Crippen molar-refractivity contribution in [2.45, 2.75) is 37.8 Å². The molecule has 0 fully saturated rings. The Morgan fingerprint density at radius 3 is 2.20 bits per heavy atom. The summed E-state index contributed by atoms with van der Waals surface area (Å²) in [6, 6.07) is 10.7. The maximum Gasteiger partial charge on any atom is 0.327 e. The van der Waals surface area contributed by atoms with Crippen molar-refractivity contribution in [3.8, 4) is 11.5 Å². The second-order valence-electron chi connectivity index (χ2n) is 6.18. The Bertz CT molecular complexity index is 932. The molecule has 2 N–H and O–H groups in total. The molecule has 0 heterocycles. The number of aliphatic hydroxyl groups excluding tert-OH is 1. The third-order valence-corrected chi connectivity index (χ3v) is 5.56. The van der Waals surface area contributed by atoms with Gasteiger partial charge in [-0.2, -0.15) is 4.72 Å². The van der Waals surface area contributed by atoms with E-state index in [4.69, 9.17) is 14.2 Å². The number of ether oxygens (including phenoxy) is 3. The van der Waals surface area contributed by atoms with E-state index < -0.39 is 28.1 Å². The van der Waals surface area contributed by atoms with Crippen molar-refractivity contribution in [3.63, 3.8) is 0 Å². The predicted octanol–water partition coefficient (Wildman–Crippen LogP) is 2.43. The molecule has 0 aliphatic heterocycles. The smallest absolute Gasteiger partial charge is 0.327 e. The molecule has 8 nitrogen and oxygen atoms in total. The molecule has 0 aliphatic rings. The molecule has 2 rings (SSSR count). The lowest BCUT2D eigenvalue weighted by Gasteiger charge is -2.23. The number of aliphatic hydroxyl groups is 1. The fourth-order valence-corrected chi connectivity index (χ4v) is 3.96. The van der Waals surface area contributed by atoms with E-state index in [0.29, 0.717) is 24.7 Å². The van der Waals surface area contributed by atoms with E-state index >= 15 is 0 Å². The third kappa shape index (κ3) is 5.94. The van der Waals surface area contributed by atoms with Crippen LogP contribution in [0.25, 0.3) is 0 Å². The zero-order valence-electron chi connectivity index (χ0n) is 17.2. The normalized spacial score (nSPS) is 13.3. The second kappa shape index (κ2) is 11.0. The van der Waals surface area contributed by atoms with E-state index in [1.54, 1.807) is 44.2 Å². The van der Waals surface area contributed by atoms with Crippen LogP contribution in [0.15, 0.2) is 53.4 Å². The maximum atomic E-state index is 12.7. The molecule has 0 saturated heterocycles. The lowest BCUT2D eigenvalue weighted by molar-refractivity contribution is -0.148. The summed E-state index contributed by atoms with van der Waals surface area (Å²) in [5.74, 6) is -0.0337. The first-order valence-electron chi connectivity index (χ1n) is 9.65. The highest BCUT2D eigenvalue weighted by Gasteiger charge is 2.34. The van der Waals surface area contributed by atoms with Crippen molar-refractivity contribution < 1.29 is 32.5 Å². The second-order valence-corrected chi connectivity index (χ2v) is 7.90. The molecular formula is C21H27NO7S. The average molecular weight is 438 g/mol. The summed E-state index contributed by atoms with van der Waals surface area (Å²) in [7, 11) is -4.08. The van der Waals surface area contributed by atoms with E-state index in [-0.39, 0.29) is 17.1 Å². The Labute approximate surface area is 176 Å². The number of carbonyl (C=O) groups is 1. The molecule has 2 unspecified atom stereocenters. The van der Waals surface area contributed by atoms with E-state index in [0.717, 1.165) is 0 Å². The Morgan fingerprint density at radius 1 is 0.967 bits per heavy atom. The molecule has 0 spiro atoms. The third-order valence-electron chi connectivity index (χ3n) is 4.10. The number of nitrogens with one attached hydrogen (secondary N) is 1. The molecule has 30 heavy (non-hydrogen) atoms. The summed E-state index contributed by atoms with van der Waals surface area (Å²) in [5, 5.41) is 10.9. The predicted molar refractivity (Wildman–Crippen MR) is 111 cm³/mol. The Balaban J connectivity index is 2.39. The number of esters is 1. The molecule has 9 heteroatoms. The van der Waals surface area contributed by atoms with Crippen molar-refractivity contribution in [1.82, 2.24) is 4.72 Å². The summed E-state index contributed by atoms with van der Waals surface area (Å²) in [4.78, 5) is 12.4. The molecule has 0 aliphatic carbocycles. The highest BCUT2D eigenvalue weighted by Crippen LogP contribution is 2.32. The lowest BCUT2D eigenvalue weighted by atomic mass is 10.0. The van der Waals surface area contributed by atoms with Gasteiger partial charge < -0.3 is 19.3 Å². The van der Waals surface area contributed by atoms with E-state index in [1.807, 2.05) is 6.92 Å². The van der Waals surface area contributed by atoms with Gasteiger partial charge in [-0.3, -0.25) is 4.79 Å². The number of rotatable bonds is 11. The molecule has 0 radical (unpaired) electrons. The molecule has 0 amide bonds. The molecule has 0 aromatic heterocycles. The van der Waals surface area contributed by atoms with E-state index in [2.05, 4.69) is 4.72 Å². The van der Waals surface area contributed by atoms with Crippen molar-refractivity contribution >= 4 is 16.0 Å². The van der Waals surface area contributed by atoms with Gasteiger partial charge in [-0.15, -0.1) is 0 Å². The zero-order valence-corrected chi connectivity index (χ0v) is 18.0. The van der Waals surface area contributed by atoms with Crippen LogP contribution in [0.4, 0.5) is 0 Å². The van der Waals surface area contributed by atoms with Gasteiger partial charge in [-0.05, 0) is 50.6 Å². The number of sulfonamides is 1. The molecule has 2 atom stereocenters. The minimum Gasteiger partial charge on any atom is -0.490 e. The Kier molecular flexibility index (Phi) is 8.64. The maximum absolute atomic E-state index is 12.7. The van der Waals surface area contributed by atoms with Crippen LogP contribution in [0, 0.1) is 0 Å². The van der Waals surface area contributed by atoms with Crippen molar-refractivity contribution in [2.24, 2.45) is 0 Å². The van der Waals surface area contributed by atoms with Gasteiger partial charge in [-0.25, -0.2) is 8.42 Å². The van der Waals surface area contributed by atoms with E-state index in [9.17, 15) is 18.3 Å². The van der Waals surface area contributed by atoms with Gasteiger partial charge in [0.25, 0.3) is 0 Å². The standard InChI is InChI=1S/C21H27NO7S/c1-4-27-17-13-12-15(14-18(17)28-5-2)20(23)19(21(24)29-6-3)22-30(25,26)16-10-8-7-9-11-16/h7-14,19-20,22-23H,4-6H2,1-3H3. The SMILES string of the molecule is CCOC(=O)C(NS(=O)(=O)c1ccccc1)C(O)c1ccc(OCC)c(OCC)c1. The fraction of sp³-hybridized carbons (Fsp3) is 0.381. The highest BCUT2D eigenvalue weighted by atomic mass is 32.2. The molecule has 2 aromatic rings. The molecule has 0 saturated carbocycles. The summed E-state index contributed by atoms with van der Waals surface area (Å²) < 4.78 is 43.7. The fourth-order valence-electron chi connectivity index (χ4n) is 2.75.